The van der Waals surface area contributed by atoms with Crippen LogP contribution in [0.25, 0.3) is 10.1 Å². The van der Waals surface area contributed by atoms with Gasteiger partial charge in [-0.15, -0.1) is 11.3 Å². The van der Waals surface area contributed by atoms with Gasteiger partial charge in [0, 0.05) is 48.0 Å². The van der Waals surface area contributed by atoms with Crippen LogP contribution in [0.3, 0.4) is 0 Å². The number of benzene rings is 2. The minimum Gasteiger partial charge on any atom is -0.482 e. The zero-order chi connectivity index (χ0) is 21.2. The van der Waals surface area contributed by atoms with Crippen molar-refractivity contribution in [2.75, 3.05) is 43.0 Å². The van der Waals surface area contributed by atoms with Crippen LogP contribution in [-0.2, 0) is 11.2 Å². The summed E-state index contributed by atoms with van der Waals surface area (Å²) in [5, 5.41) is 6.48. The van der Waals surface area contributed by atoms with Gasteiger partial charge >= 0.3 is 0 Å². The second-order valence-corrected chi connectivity index (χ2v) is 9.49. The van der Waals surface area contributed by atoms with Gasteiger partial charge in [0.1, 0.15) is 5.75 Å². The summed E-state index contributed by atoms with van der Waals surface area (Å²) in [5.41, 5.74) is 3.44. The zero-order valence-electron chi connectivity index (χ0n) is 18.0. The number of thiophene rings is 1. The first-order valence-corrected chi connectivity index (χ1v) is 12.1. The number of fused-ring (bicyclic) bond motifs is 2. The monoisotopic (exact) mass is 435 g/mol. The molecule has 2 aromatic carbocycles. The molecule has 1 atom stereocenters. The number of nitrogens with one attached hydrogen (secondary N) is 1. The lowest BCUT2D eigenvalue weighted by Crippen LogP contribution is -2.49. The quantitative estimate of drug-likeness (QED) is 0.606. The Labute approximate surface area is 187 Å². The summed E-state index contributed by atoms with van der Waals surface area (Å²) in [5.74, 6) is 0.695. The highest BCUT2D eigenvalue weighted by molar-refractivity contribution is 7.17. The summed E-state index contributed by atoms with van der Waals surface area (Å²) in [6, 6.07) is 15.6. The van der Waals surface area contributed by atoms with Gasteiger partial charge in [0.2, 0.25) is 0 Å². The molecule has 0 bridgehead atoms. The van der Waals surface area contributed by atoms with Crippen molar-refractivity contribution in [3.8, 4) is 5.75 Å². The van der Waals surface area contributed by atoms with E-state index in [0.717, 1.165) is 50.5 Å². The Bertz CT molecular complexity index is 1070. The Morgan fingerprint density at radius 2 is 2.00 bits per heavy atom. The summed E-state index contributed by atoms with van der Waals surface area (Å²) in [6.07, 6.45) is 3.34. The van der Waals surface area contributed by atoms with E-state index in [1.807, 2.05) is 17.4 Å². The SMILES string of the molecule is CC(CCCc1ccc2c(c1)NC(=O)CO2)N1CCN(c2cccc3sccc23)CC1. The third-order valence-electron chi connectivity index (χ3n) is 6.52. The van der Waals surface area contributed by atoms with E-state index in [-0.39, 0.29) is 12.5 Å². The number of piperazine rings is 1. The highest BCUT2D eigenvalue weighted by Gasteiger charge is 2.22. The van der Waals surface area contributed by atoms with Crippen LogP contribution in [0.15, 0.2) is 47.8 Å². The summed E-state index contributed by atoms with van der Waals surface area (Å²) >= 11 is 1.82. The van der Waals surface area contributed by atoms with E-state index in [1.54, 1.807) is 0 Å². The molecular formula is C25H29N3O2S. The minimum atomic E-state index is -0.0763. The number of hydrogen-bond donors (Lipinski definition) is 1. The van der Waals surface area contributed by atoms with Gasteiger partial charge < -0.3 is 15.0 Å². The van der Waals surface area contributed by atoms with Gasteiger partial charge in [-0.1, -0.05) is 12.1 Å². The van der Waals surface area contributed by atoms with E-state index in [0.29, 0.717) is 6.04 Å². The number of ether oxygens (including phenoxy) is 1. The van der Waals surface area contributed by atoms with Crippen LogP contribution in [-0.4, -0.2) is 49.6 Å². The van der Waals surface area contributed by atoms with Crippen molar-refractivity contribution in [3.63, 3.8) is 0 Å². The molecule has 1 saturated heterocycles. The van der Waals surface area contributed by atoms with Crippen LogP contribution in [0.4, 0.5) is 11.4 Å². The van der Waals surface area contributed by atoms with Gasteiger partial charge in [0.25, 0.3) is 5.91 Å². The fraction of sp³-hybridized carbons (Fsp3) is 0.400. The summed E-state index contributed by atoms with van der Waals surface area (Å²) < 4.78 is 6.83. The first-order chi connectivity index (χ1) is 15.2. The fourth-order valence-electron chi connectivity index (χ4n) is 4.73. The van der Waals surface area contributed by atoms with Gasteiger partial charge in [0.05, 0.1) is 5.69 Å². The van der Waals surface area contributed by atoms with Crippen LogP contribution >= 0.6 is 11.3 Å². The molecule has 162 valence electrons. The predicted octanol–water partition coefficient (Wildman–Crippen LogP) is 4.77. The highest BCUT2D eigenvalue weighted by Crippen LogP contribution is 2.32. The normalized spacial score (nSPS) is 17.8. The summed E-state index contributed by atoms with van der Waals surface area (Å²) in [4.78, 5) is 16.7. The van der Waals surface area contributed by atoms with Crippen LogP contribution in [0.5, 0.6) is 5.75 Å². The topological polar surface area (TPSA) is 44.8 Å². The molecule has 0 radical (unpaired) electrons. The molecule has 0 spiro atoms. The van der Waals surface area contributed by atoms with Crippen LogP contribution < -0.4 is 15.0 Å². The lowest BCUT2D eigenvalue weighted by atomic mass is 10.0. The lowest BCUT2D eigenvalue weighted by molar-refractivity contribution is -0.118. The largest absolute Gasteiger partial charge is 0.482 e. The van der Waals surface area contributed by atoms with Gasteiger partial charge in [-0.05, 0) is 67.5 Å². The minimum absolute atomic E-state index is 0.0763. The molecule has 2 aliphatic heterocycles. The summed E-state index contributed by atoms with van der Waals surface area (Å²) in [6.45, 7) is 6.87. The molecule has 3 heterocycles. The van der Waals surface area contributed by atoms with Crippen molar-refractivity contribution >= 4 is 38.7 Å². The maximum Gasteiger partial charge on any atom is 0.262 e. The fourth-order valence-corrected chi connectivity index (χ4v) is 5.53. The zero-order valence-corrected chi connectivity index (χ0v) is 18.8. The second kappa shape index (κ2) is 8.89. The number of carbonyl (C=O) groups excluding carboxylic acids is 1. The Hall–Kier alpha value is -2.57. The molecule has 0 saturated carbocycles. The van der Waals surface area contributed by atoms with Gasteiger partial charge in [0.15, 0.2) is 6.61 Å². The molecule has 1 amide bonds. The number of rotatable bonds is 6. The predicted molar refractivity (Wildman–Crippen MR) is 129 cm³/mol. The Morgan fingerprint density at radius 3 is 2.87 bits per heavy atom. The second-order valence-electron chi connectivity index (χ2n) is 8.54. The van der Waals surface area contributed by atoms with Crippen molar-refractivity contribution in [1.29, 1.82) is 0 Å². The molecule has 31 heavy (non-hydrogen) atoms. The molecule has 6 heteroatoms. The Morgan fingerprint density at radius 1 is 1.13 bits per heavy atom. The van der Waals surface area contributed by atoms with Gasteiger partial charge in [-0.25, -0.2) is 0 Å². The first kappa shape index (κ1) is 20.3. The number of hydrogen-bond acceptors (Lipinski definition) is 5. The van der Waals surface area contributed by atoms with E-state index in [4.69, 9.17) is 4.74 Å². The number of aryl methyl sites for hydroxylation is 1. The van der Waals surface area contributed by atoms with E-state index < -0.39 is 0 Å². The third kappa shape index (κ3) is 4.41. The van der Waals surface area contributed by atoms with Crippen molar-refractivity contribution in [2.24, 2.45) is 0 Å². The van der Waals surface area contributed by atoms with Crippen molar-refractivity contribution in [1.82, 2.24) is 4.90 Å². The molecule has 3 aromatic rings. The number of anilines is 2. The molecule has 1 aromatic heterocycles. The van der Waals surface area contributed by atoms with Crippen LogP contribution in [0.2, 0.25) is 0 Å². The van der Waals surface area contributed by atoms with Gasteiger partial charge in [-0.3, -0.25) is 9.69 Å². The van der Waals surface area contributed by atoms with E-state index in [9.17, 15) is 4.79 Å². The first-order valence-electron chi connectivity index (χ1n) is 11.2. The Kier molecular flexibility index (Phi) is 5.83. The maximum absolute atomic E-state index is 11.5. The number of nitrogens with zero attached hydrogens (tertiary/aromatic N) is 2. The van der Waals surface area contributed by atoms with Crippen molar-refractivity contribution in [2.45, 2.75) is 32.2 Å². The van der Waals surface area contributed by atoms with Crippen molar-refractivity contribution < 1.29 is 9.53 Å². The van der Waals surface area contributed by atoms with E-state index in [1.165, 1.54) is 27.8 Å². The standard InChI is InChI=1S/C25H29N3O2S/c1-18(4-2-5-19-8-9-23-21(16-19)26-25(29)17-30-23)27-11-13-28(14-12-27)22-6-3-7-24-20(22)10-15-31-24/h3,6-10,15-16,18H,2,4-5,11-14,17H2,1H3,(H,26,29). The molecule has 0 aliphatic carbocycles. The molecule has 1 unspecified atom stereocenters. The molecule has 2 aliphatic rings. The van der Waals surface area contributed by atoms with Gasteiger partial charge in [-0.2, -0.15) is 0 Å². The molecular weight excluding hydrogens is 406 g/mol. The molecule has 5 rings (SSSR count). The molecule has 1 fully saturated rings. The van der Waals surface area contributed by atoms with Crippen LogP contribution in [0, 0.1) is 0 Å². The summed E-state index contributed by atoms with van der Waals surface area (Å²) in [7, 11) is 0. The maximum atomic E-state index is 11.5. The van der Waals surface area contributed by atoms with E-state index >= 15 is 0 Å². The number of amides is 1. The molecule has 1 N–H and O–H groups in total. The average molecular weight is 436 g/mol. The van der Waals surface area contributed by atoms with E-state index in [2.05, 4.69) is 63.8 Å². The Balaban J connectivity index is 1.11. The lowest BCUT2D eigenvalue weighted by Gasteiger charge is -2.39. The van der Waals surface area contributed by atoms with Crippen molar-refractivity contribution in [3.05, 3.63) is 53.4 Å². The smallest absolute Gasteiger partial charge is 0.262 e. The molecule has 5 nitrogen and oxygen atoms in total. The van der Waals surface area contributed by atoms with Crippen LogP contribution in [0.1, 0.15) is 25.3 Å². The average Bonchev–Trinajstić information content (AvgIpc) is 3.28. The third-order valence-corrected chi connectivity index (χ3v) is 7.40. The highest BCUT2D eigenvalue weighted by atomic mass is 32.1. The number of carbonyl (C=O) groups is 1.